The zero-order valence-corrected chi connectivity index (χ0v) is 15.9. The van der Waals surface area contributed by atoms with Crippen LogP contribution in [-0.2, 0) is 5.41 Å². The predicted molar refractivity (Wildman–Crippen MR) is 101 cm³/mol. The van der Waals surface area contributed by atoms with Crippen molar-refractivity contribution in [2.45, 2.75) is 77.7 Å². The van der Waals surface area contributed by atoms with Crippen LogP contribution >= 0.6 is 0 Å². The maximum absolute atomic E-state index is 6.30. The number of nitrogens with zero attached hydrogens (tertiary/aromatic N) is 1. The van der Waals surface area contributed by atoms with Crippen LogP contribution in [0.1, 0.15) is 76.0 Å². The molecule has 130 valence electrons. The van der Waals surface area contributed by atoms with Crippen LogP contribution in [0, 0.1) is 6.92 Å². The van der Waals surface area contributed by atoms with Gasteiger partial charge in [-0.25, -0.2) is 0 Å². The quantitative estimate of drug-likeness (QED) is 0.860. The van der Waals surface area contributed by atoms with Crippen molar-refractivity contribution < 1.29 is 0 Å². The van der Waals surface area contributed by atoms with E-state index in [0.29, 0.717) is 12.0 Å². The van der Waals surface area contributed by atoms with Gasteiger partial charge < -0.3 is 5.73 Å². The third kappa shape index (κ3) is 4.36. The van der Waals surface area contributed by atoms with Crippen LogP contribution < -0.4 is 5.73 Å². The van der Waals surface area contributed by atoms with E-state index in [9.17, 15) is 0 Å². The summed E-state index contributed by atoms with van der Waals surface area (Å²) < 4.78 is 0. The minimum atomic E-state index is 0.192. The number of hydrogen-bond acceptors (Lipinski definition) is 2. The van der Waals surface area contributed by atoms with Gasteiger partial charge in [0.1, 0.15) is 0 Å². The maximum Gasteiger partial charge on any atom is 0.0176 e. The molecule has 2 heteroatoms. The highest BCUT2D eigenvalue weighted by Crippen LogP contribution is 2.34. The van der Waals surface area contributed by atoms with E-state index in [4.69, 9.17) is 5.73 Å². The summed E-state index contributed by atoms with van der Waals surface area (Å²) in [6.45, 7) is 14.6. The molecule has 2 rings (SSSR count). The molecular formula is C21H36N2. The van der Waals surface area contributed by atoms with Gasteiger partial charge in [-0.1, -0.05) is 52.3 Å². The van der Waals surface area contributed by atoms with Crippen molar-refractivity contribution in [2.75, 3.05) is 19.6 Å². The zero-order chi connectivity index (χ0) is 17.0. The Morgan fingerprint density at radius 1 is 1.26 bits per heavy atom. The lowest BCUT2D eigenvalue weighted by atomic mass is 9.79. The normalized spacial score (nSPS) is 21.4. The Labute approximate surface area is 143 Å². The molecule has 1 aliphatic heterocycles. The first-order chi connectivity index (χ1) is 10.9. The first-order valence-corrected chi connectivity index (χ1v) is 9.43. The molecule has 1 aromatic carbocycles. The summed E-state index contributed by atoms with van der Waals surface area (Å²) in [5.74, 6) is 0.462. The fourth-order valence-corrected chi connectivity index (χ4v) is 4.04. The summed E-state index contributed by atoms with van der Waals surface area (Å²) in [6.07, 6.45) is 5.21. The van der Waals surface area contributed by atoms with Crippen LogP contribution in [0.3, 0.4) is 0 Å². The molecule has 2 unspecified atom stereocenters. The fraction of sp³-hybridized carbons (Fsp3) is 0.714. The Bertz CT molecular complexity index is 499. The third-order valence-corrected chi connectivity index (χ3v) is 5.44. The average molecular weight is 317 g/mol. The lowest BCUT2D eigenvalue weighted by Gasteiger charge is -2.41. The van der Waals surface area contributed by atoms with Gasteiger partial charge in [-0.2, -0.15) is 0 Å². The van der Waals surface area contributed by atoms with E-state index in [2.05, 4.69) is 57.7 Å². The van der Waals surface area contributed by atoms with E-state index >= 15 is 0 Å². The molecule has 2 nitrogen and oxygen atoms in total. The van der Waals surface area contributed by atoms with Gasteiger partial charge in [-0.05, 0) is 61.4 Å². The van der Waals surface area contributed by atoms with Crippen LogP contribution in [0.25, 0.3) is 0 Å². The molecule has 1 aromatic rings. The van der Waals surface area contributed by atoms with Gasteiger partial charge in [0.15, 0.2) is 0 Å². The molecule has 0 aliphatic carbocycles. The van der Waals surface area contributed by atoms with Crippen LogP contribution in [0.4, 0.5) is 0 Å². The molecule has 1 aliphatic rings. The number of piperidine rings is 1. The predicted octanol–water partition coefficient (Wildman–Crippen LogP) is 4.60. The molecule has 1 fully saturated rings. The molecule has 2 N–H and O–H groups in total. The lowest BCUT2D eigenvalue weighted by Crippen LogP contribution is -2.45. The molecule has 0 amide bonds. The summed E-state index contributed by atoms with van der Waals surface area (Å²) >= 11 is 0. The van der Waals surface area contributed by atoms with Crippen molar-refractivity contribution in [3.8, 4) is 0 Å². The van der Waals surface area contributed by atoms with Crippen molar-refractivity contribution in [3.63, 3.8) is 0 Å². The number of aryl methyl sites for hydroxylation is 1. The SMILES string of the molecule is CCCN1CCCCC1C(CN)c1cc(C(C)(C)C)ccc1C. The monoisotopic (exact) mass is 316 g/mol. The number of likely N-dealkylation sites (tertiary alicyclic amines) is 1. The summed E-state index contributed by atoms with van der Waals surface area (Å²) in [4.78, 5) is 2.70. The fourth-order valence-electron chi connectivity index (χ4n) is 4.04. The zero-order valence-electron chi connectivity index (χ0n) is 15.9. The van der Waals surface area contributed by atoms with Gasteiger partial charge in [0.25, 0.3) is 0 Å². The van der Waals surface area contributed by atoms with E-state index in [1.165, 1.54) is 55.5 Å². The highest BCUT2D eigenvalue weighted by Gasteiger charge is 2.31. The van der Waals surface area contributed by atoms with Gasteiger partial charge in [0.2, 0.25) is 0 Å². The van der Waals surface area contributed by atoms with Crippen molar-refractivity contribution in [1.29, 1.82) is 0 Å². The molecule has 0 aromatic heterocycles. The van der Waals surface area contributed by atoms with Gasteiger partial charge in [-0.3, -0.25) is 4.90 Å². The highest BCUT2D eigenvalue weighted by atomic mass is 15.2. The van der Waals surface area contributed by atoms with Gasteiger partial charge in [-0.15, -0.1) is 0 Å². The number of hydrogen-bond donors (Lipinski definition) is 1. The molecule has 23 heavy (non-hydrogen) atoms. The van der Waals surface area contributed by atoms with Crippen LogP contribution in [0.2, 0.25) is 0 Å². The molecule has 0 bridgehead atoms. The summed E-state index contributed by atoms with van der Waals surface area (Å²) in [7, 11) is 0. The minimum absolute atomic E-state index is 0.192. The van der Waals surface area contributed by atoms with Crippen molar-refractivity contribution in [3.05, 3.63) is 34.9 Å². The van der Waals surface area contributed by atoms with Gasteiger partial charge >= 0.3 is 0 Å². The van der Waals surface area contributed by atoms with E-state index in [-0.39, 0.29) is 5.41 Å². The van der Waals surface area contributed by atoms with Crippen LogP contribution in [-0.4, -0.2) is 30.6 Å². The summed E-state index contributed by atoms with van der Waals surface area (Å²) in [5, 5.41) is 0. The summed E-state index contributed by atoms with van der Waals surface area (Å²) in [5.41, 5.74) is 10.8. The molecular weight excluding hydrogens is 280 g/mol. The van der Waals surface area contributed by atoms with Gasteiger partial charge in [0.05, 0.1) is 0 Å². The number of benzene rings is 1. The molecule has 0 spiro atoms. The Hall–Kier alpha value is -0.860. The first kappa shape index (κ1) is 18.5. The van der Waals surface area contributed by atoms with Crippen LogP contribution in [0.15, 0.2) is 18.2 Å². The molecule has 2 atom stereocenters. The van der Waals surface area contributed by atoms with Crippen LogP contribution in [0.5, 0.6) is 0 Å². The van der Waals surface area contributed by atoms with Crippen molar-refractivity contribution in [1.82, 2.24) is 4.90 Å². The Morgan fingerprint density at radius 3 is 2.61 bits per heavy atom. The molecule has 1 heterocycles. The standard InChI is InChI=1S/C21H36N2/c1-6-12-23-13-8-7-9-20(23)19(15-22)18-14-17(21(3,4)5)11-10-16(18)2/h10-11,14,19-20H,6-9,12-13,15,22H2,1-5H3. The minimum Gasteiger partial charge on any atom is -0.330 e. The molecule has 0 radical (unpaired) electrons. The Balaban J connectivity index is 2.35. The van der Waals surface area contributed by atoms with E-state index in [1.807, 2.05) is 0 Å². The van der Waals surface area contributed by atoms with E-state index in [0.717, 1.165) is 6.54 Å². The second kappa shape index (κ2) is 7.81. The smallest absolute Gasteiger partial charge is 0.0176 e. The second-order valence-electron chi connectivity index (χ2n) is 8.26. The topological polar surface area (TPSA) is 29.3 Å². The van der Waals surface area contributed by atoms with Crippen molar-refractivity contribution >= 4 is 0 Å². The average Bonchev–Trinajstić information content (AvgIpc) is 2.50. The lowest BCUT2D eigenvalue weighted by molar-refractivity contribution is 0.126. The second-order valence-corrected chi connectivity index (χ2v) is 8.26. The number of rotatable bonds is 5. The molecule has 1 saturated heterocycles. The largest absolute Gasteiger partial charge is 0.330 e. The Kier molecular flexibility index (Phi) is 6.27. The summed E-state index contributed by atoms with van der Waals surface area (Å²) in [6, 6.07) is 7.64. The van der Waals surface area contributed by atoms with E-state index in [1.54, 1.807) is 0 Å². The maximum atomic E-state index is 6.30. The highest BCUT2D eigenvalue weighted by molar-refractivity contribution is 5.38. The van der Waals surface area contributed by atoms with E-state index < -0.39 is 0 Å². The van der Waals surface area contributed by atoms with Gasteiger partial charge in [0, 0.05) is 18.5 Å². The first-order valence-electron chi connectivity index (χ1n) is 9.43. The Morgan fingerprint density at radius 2 is 2.00 bits per heavy atom. The van der Waals surface area contributed by atoms with Crippen molar-refractivity contribution in [2.24, 2.45) is 5.73 Å². The third-order valence-electron chi connectivity index (χ3n) is 5.44. The molecule has 0 saturated carbocycles. The number of nitrogens with two attached hydrogens (primary N) is 1.